The summed E-state index contributed by atoms with van der Waals surface area (Å²) in [6.07, 6.45) is 2.44. The Bertz CT molecular complexity index is 1050. The quantitative estimate of drug-likeness (QED) is 0.583. The largest absolute Gasteiger partial charge is 0.496 e. The van der Waals surface area contributed by atoms with E-state index in [0.717, 1.165) is 65.6 Å². The van der Waals surface area contributed by atoms with E-state index in [2.05, 4.69) is 43.2 Å². The lowest BCUT2D eigenvalue weighted by Crippen LogP contribution is -2.46. The third kappa shape index (κ3) is 4.23. The minimum atomic E-state index is 0.550. The number of nitrogens with zero attached hydrogens (tertiary/aromatic N) is 4. The Morgan fingerprint density at radius 3 is 2.43 bits per heavy atom. The van der Waals surface area contributed by atoms with Gasteiger partial charge in [-0.15, -0.1) is 0 Å². The Hall–Kier alpha value is -2.38. The predicted octanol–water partition coefficient (Wildman–Crippen LogP) is 4.30. The molecule has 3 aromatic rings. The third-order valence-electron chi connectivity index (χ3n) is 5.76. The van der Waals surface area contributed by atoms with E-state index in [9.17, 15) is 0 Å². The molecule has 1 aliphatic heterocycles. The molecule has 1 saturated carbocycles. The zero-order valence-corrected chi connectivity index (χ0v) is 18.7. The first-order valence-corrected chi connectivity index (χ1v) is 11.3. The summed E-state index contributed by atoms with van der Waals surface area (Å²) in [5, 5.41) is 3.60. The van der Waals surface area contributed by atoms with Crippen molar-refractivity contribution in [1.29, 1.82) is 0 Å². The molecule has 7 heteroatoms. The highest BCUT2D eigenvalue weighted by Crippen LogP contribution is 2.31. The summed E-state index contributed by atoms with van der Waals surface area (Å²) in [6.45, 7) is 4.84. The maximum Gasteiger partial charge on any atom is 0.172 e. The average Bonchev–Trinajstić information content (AvgIpc) is 3.58. The first-order chi connectivity index (χ1) is 14.7. The van der Waals surface area contributed by atoms with Gasteiger partial charge in [0, 0.05) is 38.8 Å². The van der Waals surface area contributed by atoms with E-state index in [1.165, 1.54) is 18.4 Å². The Morgan fingerprint density at radius 2 is 1.77 bits per heavy atom. The monoisotopic (exact) mass is 467 g/mol. The van der Waals surface area contributed by atoms with Crippen molar-refractivity contribution >= 4 is 38.6 Å². The normalized spacial score (nSPS) is 17.3. The molecule has 6 nitrogen and oxygen atoms in total. The lowest BCUT2D eigenvalue weighted by molar-refractivity contribution is 0.249. The molecule has 1 aliphatic carbocycles. The molecule has 0 unspecified atom stereocenters. The highest BCUT2D eigenvalue weighted by Gasteiger charge is 2.26. The van der Waals surface area contributed by atoms with Gasteiger partial charge in [-0.05, 0) is 58.6 Å². The van der Waals surface area contributed by atoms with Gasteiger partial charge in [-0.25, -0.2) is 9.97 Å². The van der Waals surface area contributed by atoms with Crippen LogP contribution in [0.2, 0.25) is 0 Å². The summed E-state index contributed by atoms with van der Waals surface area (Å²) in [4.78, 5) is 14.8. The van der Waals surface area contributed by atoms with Gasteiger partial charge < -0.3 is 15.0 Å². The second-order valence-electron chi connectivity index (χ2n) is 8.04. The van der Waals surface area contributed by atoms with E-state index in [0.29, 0.717) is 6.04 Å². The van der Waals surface area contributed by atoms with E-state index in [-0.39, 0.29) is 0 Å². The van der Waals surface area contributed by atoms with Gasteiger partial charge in [-0.1, -0.05) is 18.2 Å². The lowest BCUT2D eigenvalue weighted by Gasteiger charge is -2.36. The molecular formula is C23H26BrN5O. The molecule has 1 N–H and O–H groups in total. The maximum atomic E-state index is 5.34. The molecule has 1 aromatic heterocycles. The first kappa shape index (κ1) is 19.6. The Kier molecular flexibility index (Phi) is 5.48. The molecule has 0 spiro atoms. The van der Waals surface area contributed by atoms with Gasteiger partial charge in [0.15, 0.2) is 11.6 Å². The van der Waals surface area contributed by atoms with Crippen LogP contribution in [-0.4, -0.2) is 54.2 Å². The van der Waals surface area contributed by atoms with Crippen molar-refractivity contribution in [1.82, 2.24) is 14.9 Å². The number of halogens is 1. The Labute approximate surface area is 185 Å². The van der Waals surface area contributed by atoms with E-state index < -0.39 is 0 Å². The van der Waals surface area contributed by atoms with Gasteiger partial charge in [0.2, 0.25) is 0 Å². The minimum absolute atomic E-state index is 0.550. The highest BCUT2D eigenvalue weighted by atomic mass is 79.9. The molecule has 2 aliphatic rings. The standard InChI is InChI=1S/C23H26BrN5O/c1-30-21-9-6-16(14-18(21)24)15-28-10-12-29(13-11-28)23-22(25-17-7-8-17)26-19-4-2-3-5-20(19)27-23/h2-6,9,14,17H,7-8,10-13,15H2,1H3,(H,25,26). The van der Waals surface area contributed by atoms with Crippen molar-refractivity contribution in [3.63, 3.8) is 0 Å². The summed E-state index contributed by atoms with van der Waals surface area (Å²) in [7, 11) is 1.70. The fourth-order valence-corrected chi connectivity index (χ4v) is 4.50. The van der Waals surface area contributed by atoms with Crippen LogP contribution in [0.5, 0.6) is 5.75 Å². The molecular weight excluding hydrogens is 442 g/mol. The fourth-order valence-electron chi connectivity index (χ4n) is 3.91. The molecule has 0 atom stereocenters. The molecule has 156 valence electrons. The van der Waals surface area contributed by atoms with Gasteiger partial charge in [0.1, 0.15) is 5.75 Å². The van der Waals surface area contributed by atoms with Gasteiger partial charge >= 0.3 is 0 Å². The Balaban J connectivity index is 1.30. The van der Waals surface area contributed by atoms with Crippen LogP contribution in [-0.2, 0) is 6.54 Å². The Morgan fingerprint density at radius 1 is 1.03 bits per heavy atom. The number of ether oxygens (including phenoxy) is 1. The number of hydrogen-bond donors (Lipinski definition) is 1. The second kappa shape index (κ2) is 8.40. The summed E-state index contributed by atoms with van der Waals surface area (Å²) < 4.78 is 6.34. The van der Waals surface area contributed by atoms with E-state index in [1.807, 2.05) is 30.3 Å². The number of anilines is 2. The van der Waals surface area contributed by atoms with Gasteiger partial charge in [0.25, 0.3) is 0 Å². The van der Waals surface area contributed by atoms with Crippen LogP contribution in [0, 0.1) is 0 Å². The zero-order valence-electron chi connectivity index (χ0n) is 17.1. The van der Waals surface area contributed by atoms with Crippen molar-refractivity contribution < 1.29 is 4.74 Å². The third-order valence-corrected chi connectivity index (χ3v) is 6.38. The number of benzene rings is 2. The molecule has 2 fully saturated rings. The number of fused-ring (bicyclic) bond motifs is 1. The molecule has 2 aromatic carbocycles. The summed E-state index contributed by atoms with van der Waals surface area (Å²) >= 11 is 3.59. The summed E-state index contributed by atoms with van der Waals surface area (Å²) in [6, 6.07) is 15.0. The SMILES string of the molecule is COc1ccc(CN2CCN(c3nc4ccccc4nc3NC3CC3)CC2)cc1Br. The van der Waals surface area contributed by atoms with Crippen LogP contribution in [0.25, 0.3) is 11.0 Å². The van der Waals surface area contributed by atoms with Gasteiger partial charge in [0.05, 0.1) is 22.6 Å². The maximum absolute atomic E-state index is 5.34. The van der Waals surface area contributed by atoms with Crippen molar-refractivity contribution in [3.05, 3.63) is 52.5 Å². The van der Waals surface area contributed by atoms with Crippen LogP contribution in [0.4, 0.5) is 11.6 Å². The predicted molar refractivity (Wildman–Crippen MR) is 124 cm³/mol. The van der Waals surface area contributed by atoms with Crippen LogP contribution < -0.4 is 15.0 Å². The number of hydrogen-bond acceptors (Lipinski definition) is 6. The molecule has 0 radical (unpaired) electrons. The van der Waals surface area contributed by atoms with Crippen molar-refractivity contribution in [2.45, 2.75) is 25.4 Å². The number of para-hydroxylation sites is 2. The molecule has 2 heterocycles. The number of nitrogens with one attached hydrogen (secondary N) is 1. The van der Waals surface area contributed by atoms with E-state index in [1.54, 1.807) is 7.11 Å². The van der Waals surface area contributed by atoms with E-state index >= 15 is 0 Å². The van der Waals surface area contributed by atoms with Crippen molar-refractivity contribution in [3.8, 4) is 5.75 Å². The van der Waals surface area contributed by atoms with Gasteiger partial charge in [-0.2, -0.15) is 0 Å². The van der Waals surface area contributed by atoms with Crippen LogP contribution >= 0.6 is 15.9 Å². The number of methoxy groups -OCH3 is 1. The van der Waals surface area contributed by atoms with Crippen molar-refractivity contribution in [2.24, 2.45) is 0 Å². The minimum Gasteiger partial charge on any atom is -0.496 e. The smallest absolute Gasteiger partial charge is 0.172 e. The van der Waals surface area contributed by atoms with Gasteiger partial charge in [-0.3, -0.25) is 4.90 Å². The highest BCUT2D eigenvalue weighted by molar-refractivity contribution is 9.10. The van der Waals surface area contributed by atoms with Crippen LogP contribution in [0.15, 0.2) is 46.9 Å². The first-order valence-electron chi connectivity index (χ1n) is 10.5. The zero-order chi connectivity index (χ0) is 20.5. The molecule has 0 bridgehead atoms. The van der Waals surface area contributed by atoms with E-state index in [4.69, 9.17) is 14.7 Å². The van der Waals surface area contributed by atoms with Crippen LogP contribution in [0.1, 0.15) is 18.4 Å². The number of aromatic nitrogens is 2. The summed E-state index contributed by atoms with van der Waals surface area (Å²) in [5.74, 6) is 2.80. The fraction of sp³-hybridized carbons (Fsp3) is 0.391. The lowest BCUT2D eigenvalue weighted by atomic mass is 10.2. The number of rotatable bonds is 6. The van der Waals surface area contributed by atoms with Crippen molar-refractivity contribution in [2.75, 3.05) is 43.5 Å². The molecule has 5 rings (SSSR count). The topological polar surface area (TPSA) is 53.5 Å². The molecule has 0 amide bonds. The summed E-state index contributed by atoms with van der Waals surface area (Å²) in [5.41, 5.74) is 3.20. The second-order valence-corrected chi connectivity index (χ2v) is 8.89. The number of piperazine rings is 1. The molecule has 1 saturated heterocycles. The average molecular weight is 468 g/mol. The molecule has 30 heavy (non-hydrogen) atoms. The van der Waals surface area contributed by atoms with Crippen LogP contribution in [0.3, 0.4) is 0 Å².